The molecule has 0 saturated carbocycles. The molecule has 2 amide bonds. The van der Waals surface area contributed by atoms with Crippen molar-refractivity contribution >= 4 is 18.0 Å². The van der Waals surface area contributed by atoms with Gasteiger partial charge in [0.2, 0.25) is 5.91 Å². The van der Waals surface area contributed by atoms with Gasteiger partial charge in [-0.3, -0.25) is 9.59 Å². The molecule has 176 valence electrons. The maximum absolute atomic E-state index is 12.4. The van der Waals surface area contributed by atoms with E-state index >= 15 is 0 Å². The number of aliphatic carboxylic acids is 1. The summed E-state index contributed by atoms with van der Waals surface area (Å²) in [5.74, 6) is -1.16. The number of carbonyl (C=O) groups is 3. The number of ether oxygens (including phenoxy) is 1. The van der Waals surface area contributed by atoms with E-state index in [1.165, 1.54) is 16.0 Å². The molecule has 1 atom stereocenters. The predicted molar refractivity (Wildman–Crippen MR) is 126 cm³/mol. The molecule has 1 unspecified atom stereocenters. The highest BCUT2D eigenvalue weighted by molar-refractivity contribution is 5.81. The maximum atomic E-state index is 12.4. The number of carbonyl (C=O) groups excluding carboxylic acids is 2. The SMILES string of the molecule is CCCN(CC(=O)O)C(=O)CC(C)CCNC(=O)OCC1c2ccccc2-c2ccccc21. The molecule has 0 bridgehead atoms. The lowest BCUT2D eigenvalue weighted by Crippen LogP contribution is -2.37. The van der Waals surface area contributed by atoms with Gasteiger partial charge >= 0.3 is 12.1 Å². The molecule has 1 aliphatic rings. The van der Waals surface area contributed by atoms with Gasteiger partial charge < -0.3 is 20.1 Å². The first-order valence-corrected chi connectivity index (χ1v) is 11.5. The van der Waals surface area contributed by atoms with E-state index in [9.17, 15) is 14.4 Å². The van der Waals surface area contributed by atoms with Crippen LogP contribution in [0.4, 0.5) is 4.79 Å². The first-order chi connectivity index (χ1) is 15.9. The van der Waals surface area contributed by atoms with Gasteiger partial charge in [-0.05, 0) is 41.0 Å². The fourth-order valence-corrected chi connectivity index (χ4v) is 4.32. The molecule has 1 aliphatic carbocycles. The van der Waals surface area contributed by atoms with Gasteiger partial charge in [-0.15, -0.1) is 0 Å². The lowest BCUT2D eigenvalue weighted by atomic mass is 9.98. The number of carboxylic acids is 1. The summed E-state index contributed by atoms with van der Waals surface area (Å²) in [6.07, 6.45) is 1.08. The molecule has 0 radical (unpaired) electrons. The summed E-state index contributed by atoms with van der Waals surface area (Å²) in [6, 6.07) is 16.4. The van der Waals surface area contributed by atoms with Crippen LogP contribution >= 0.6 is 0 Å². The van der Waals surface area contributed by atoms with Crippen molar-refractivity contribution in [3.05, 3.63) is 59.7 Å². The molecular formula is C26H32N2O5. The van der Waals surface area contributed by atoms with E-state index in [4.69, 9.17) is 9.84 Å². The van der Waals surface area contributed by atoms with Crippen LogP contribution in [0.15, 0.2) is 48.5 Å². The van der Waals surface area contributed by atoms with E-state index < -0.39 is 12.1 Å². The van der Waals surface area contributed by atoms with Crippen LogP contribution in [-0.4, -0.2) is 54.2 Å². The molecular weight excluding hydrogens is 420 g/mol. The second-order valence-corrected chi connectivity index (χ2v) is 8.56. The molecule has 2 aromatic rings. The molecule has 0 saturated heterocycles. The second kappa shape index (κ2) is 11.5. The normalized spacial score (nSPS) is 13.0. The van der Waals surface area contributed by atoms with Crippen molar-refractivity contribution in [3.8, 4) is 11.1 Å². The summed E-state index contributed by atoms with van der Waals surface area (Å²) in [7, 11) is 0. The van der Waals surface area contributed by atoms with Crippen molar-refractivity contribution in [2.75, 3.05) is 26.2 Å². The Labute approximate surface area is 194 Å². The third-order valence-corrected chi connectivity index (χ3v) is 5.95. The highest BCUT2D eigenvalue weighted by Crippen LogP contribution is 2.44. The smallest absolute Gasteiger partial charge is 0.407 e. The van der Waals surface area contributed by atoms with E-state index in [1.54, 1.807) is 0 Å². The summed E-state index contributed by atoms with van der Waals surface area (Å²) in [4.78, 5) is 37.0. The number of hydrogen-bond donors (Lipinski definition) is 2. The van der Waals surface area contributed by atoms with Crippen LogP contribution in [0.2, 0.25) is 0 Å². The Morgan fingerprint density at radius 2 is 1.67 bits per heavy atom. The first-order valence-electron chi connectivity index (χ1n) is 11.5. The molecule has 0 heterocycles. The number of hydrogen-bond acceptors (Lipinski definition) is 4. The van der Waals surface area contributed by atoms with E-state index in [2.05, 4.69) is 29.6 Å². The van der Waals surface area contributed by atoms with Crippen molar-refractivity contribution in [3.63, 3.8) is 0 Å². The molecule has 7 heteroatoms. The number of nitrogens with zero attached hydrogens (tertiary/aromatic N) is 1. The van der Waals surface area contributed by atoms with Crippen LogP contribution in [0.3, 0.4) is 0 Å². The number of fused-ring (bicyclic) bond motifs is 3. The summed E-state index contributed by atoms with van der Waals surface area (Å²) >= 11 is 0. The highest BCUT2D eigenvalue weighted by atomic mass is 16.5. The zero-order valence-electron chi connectivity index (χ0n) is 19.3. The Hall–Kier alpha value is -3.35. The Balaban J connectivity index is 1.44. The highest BCUT2D eigenvalue weighted by Gasteiger charge is 2.29. The third kappa shape index (κ3) is 6.34. The fourth-order valence-electron chi connectivity index (χ4n) is 4.32. The van der Waals surface area contributed by atoms with Gasteiger partial charge in [0.05, 0.1) is 0 Å². The van der Waals surface area contributed by atoms with Gasteiger partial charge in [0.1, 0.15) is 13.2 Å². The predicted octanol–water partition coefficient (Wildman–Crippen LogP) is 4.26. The third-order valence-electron chi connectivity index (χ3n) is 5.95. The van der Waals surface area contributed by atoms with Gasteiger partial charge in [-0.1, -0.05) is 62.4 Å². The number of rotatable bonds is 11. The molecule has 2 aromatic carbocycles. The summed E-state index contributed by atoms with van der Waals surface area (Å²) in [5, 5.41) is 11.7. The minimum atomic E-state index is -1.01. The quantitative estimate of drug-likeness (QED) is 0.531. The number of benzene rings is 2. The first kappa shape index (κ1) is 24.3. The molecule has 0 aromatic heterocycles. The Bertz CT molecular complexity index is 945. The van der Waals surface area contributed by atoms with Gasteiger partial charge in [0.25, 0.3) is 0 Å². The van der Waals surface area contributed by atoms with Gasteiger partial charge in [0.15, 0.2) is 0 Å². The number of amides is 2. The zero-order chi connectivity index (χ0) is 23.8. The molecule has 33 heavy (non-hydrogen) atoms. The summed E-state index contributed by atoms with van der Waals surface area (Å²) in [6.45, 7) is 4.62. The van der Waals surface area contributed by atoms with Crippen LogP contribution in [0.5, 0.6) is 0 Å². The topological polar surface area (TPSA) is 95.9 Å². The van der Waals surface area contributed by atoms with Gasteiger partial charge in [0, 0.05) is 25.4 Å². The molecule has 0 aliphatic heterocycles. The van der Waals surface area contributed by atoms with Crippen molar-refractivity contribution in [2.45, 2.75) is 39.0 Å². The Morgan fingerprint density at radius 1 is 1.06 bits per heavy atom. The zero-order valence-corrected chi connectivity index (χ0v) is 19.3. The number of carboxylic acid groups (broad SMARTS) is 1. The monoisotopic (exact) mass is 452 g/mol. The lowest BCUT2D eigenvalue weighted by molar-refractivity contribution is -0.144. The average molecular weight is 453 g/mol. The second-order valence-electron chi connectivity index (χ2n) is 8.56. The number of alkyl carbamates (subject to hydrolysis) is 1. The molecule has 3 rings (SSSR count). The fraction of sp³-hybridized carbons (Fsp3) is 0.423. The minimum Gasteiger partial charge on any atom is -0.480 e. The van der Waals surface area contributed by atoms with E-state index in [0.717, 1.165) is 11.1 Å². The molecule has 2 N–H and O–H groups in total. The number of nitrogens with one attached hydrogen (secondary N) is 1. The minimum absolute atomic E-state index is 0.0125. The molecule has 0 fully saturated rings. The Kier molecular flexibility index (Phi) is 8.46. The van der Waals surface area contributed by atoms with E-state index in [1.807, 2.05) is 38.1 Å². The van der Waals surface area contributed by atoms with E-state index in [0.29, 0.717) is 25.9 Å². The van der Waals surface area contributed by atoms with Crippen LogP contribution in [0, 0.1) is 5.92 Å². The van der Waals surface area contributed by atoms with E-state index in [-0.39, 0.29) is 37.3 Å². The summed E-state index contributed by atoms with van der Waals surface area (Å²) < 4.78 is 5.53. The maximum Gasteiger partial charge on any atom is 0.407 e. The molecule has 7 nitrogen and oxygen atoms in total. The van der Waals surface area contributed by atoms with Crippen molar-refractivity contribution in [1.82, 2.24) is 10.2 Å². The Morgan fingerprint density at radius 3 is 2.24 bits per heavy atom. The largest absolute Gasteiger partial charge is 0.480 e. The van der Waals surface area contributed by atoms with Crippen molar-refractivity contribution in [2.24, 2.45) is 5.92 Å². The van der Waals surface area contributed by atoms with Crippen LogP contribution in [0.1, 0.15) is 50.2 Å². The van der Waals surface area contributed by atoms with Crippen LogP contribution in [-0.2, 0) is 14.3 Å². The van der Waals surface area contributed by atoms with Gasteiger partial charge in [-0.25, -0.2) is 4.79 Å². The van der Waals surface area contributed by atoms with Crippen LogP contribution in [0.25, 0.3) is 11.1 Å². The van der Waals surface area contributed by atoms with Gasteiger partial charge in [-0.2, -0.15) is 0 Å². The standard InChI is InChI=1S/C26H32N2O5/c1-3-14-28(16-25(30)31)24(29)15-18(2)12-13-27-26(32)33-17-23-21-10-6-4-8-19(21)20-9-5-7-11-22(20)23/h4-11,18,23H,3,12-17H2,1-2H3,(H,27,32)(H,30,31). The van der Waals surface area contributed by atoms with Crippen molar-refractivity contribution < 1.29 is 24.2 Å². The molecule has 0 spiro atoms. The van der Waals surface area contributed by atoms with Crippen molar-refractivity contribution in [1.29, 1.82) is 0 Å². The average Bonchev–Trinajstić information content (AvgIpc) is 3.11. The lowest BCUT2D eigenvalue weighted by Gasteiger charge is -2.22. The van der Waals surface area contributed by atoms with Crippen LogP contribution < -0.4 is 5.32 Å². The summed E-state index contributed by atoms with van der Waals surface area (Å²) in [5.41, 5.74) is 4.69.